The molecule has 1 heterocycles. The predicted octanol–water partition coefficient (Wildman–Crippen LogP) is 4.20. The van der Waals surface area contributed by atoms with Crippen LogP contribution in [0.1, 0.15) is 5.56 Å². The number of hydrogen-bond donors (Lipinski definition) is 1. The predicted molar refractivity (Wildman–Crippen MR) is 87.5 cm³/mol. The Labute approximate surface area is 127 Å². The molecule has 0 unspecified atom stereocenters. The molecular formula is C16H16FN3S. The maximum Gasteiger partial charge on any atom is 0.182 e. The van der Waals surface area contributed by atoms with E-state index in [9.17, 15) is 4.39 Å². The minimum absolute atomic E-state index is 0.274. The molecule has 0 bridgehead atoms. The Morgan fingerprint density at radius 3 is 2.62 bits per heavy atom. The Kier molecular flexibility index (Phi) is 3.29. The second-order valence-corrected chi connectivity index (χ2v) is 5.68. The third-order valence-electron chi connectivity index (χ3n) is 3.58. The summed E-state index contributed by atoms with van der Waals surface area (Å²) < 4.78 is 15.8. The summed E-state index contributed by atoms with van der Waals surface area (Å²) in [6.45, 7) is 2.07. The van der Waals surface area contributed by atoms with Gasteiger partial charge in [0.2, 0.25) is 0 Å². The van der Waals surface area contributed by atoms with Crippen LogP contribution in [0.25, 0.3) is 16.7 Å². The number of aromatic nitrogens is 2. The Balaban J connectivity index is 2.28. The van der Waals surface area contributed by atoms with Crippen molar-refractivity contribution in [3.05, 3.63) is 52.5 Å². The maximum atomic E-state index is 13.3. The quantitative estimate of drug-likeness (QED) is 0.717. The number of anilines is 1. The molecule has 3 rings (SSSR count). The van der Waals surface area contributed by atoms with Crippen LogP contribution in [-0.2, 0) is 0 Å². The summed E-state index contributed by atoms with van der Waals surface area (Å²) in [6, 6.07) is 10.8. The van der Waals surface area contributed by atoms with Gasteiger partial charge in [0.1, 0.15) is 5.82 Å². The van der Waals surface area contributed by atoms with Gasteiger partial charge in [0.15, 0.2) is 4.77 Å². The number of hydrogen-bond acceptors (Lipinski definition) is 2. The van der Waals surface area contributed by atoms with E-state index < -0.39 is 0 Å². The summed E-state index contributed by atoms with van der Waals surface area (Å²) in [6.07, 6.45) is 0. The van der Waals surface area contributed by atoms with Gasteiger partial charge < -0.3 is 9.88 Å². The van der Waals surface area contributed by atoms with E-state index in [0.717, 1.165) is 16.9 Å². The highest BCUT2D eigenvalue weighted by Gasteiger charge is 2.09. The number of rotatable bonds is 2. The molecule has 0 saturated heterocycles. The highest BCUT2D eigenvalue weighted by molar-refractivity contribution is 7.71. The van der Waals surface area contributed by atoms with Crippen LogP contribution in [0.15, 0.2) is 36.4 Å². The van der Waals surface area contributed by atoms with Crippen LogP contribution in [0.4, 0.5) is 10.1 Å². The molecule has 0 aliphatic heterocycles. The van der Waals surface area contributed by atoms with Gasteiger partial charge in [0.25, 0.3) is 0 Å². The van der Waals surface area contributed by atoms with Gasteiger partial charge in [-0.2, -0.15) is 0 Å². The number of imidazole rings is 1. The van der Waals surface area contributed by atoms with Gasteiger partial charge in [-0.1, -0.05) is 6.07 Å². The fourth-order valence-corrected chi connectivity index (χ4v) is 2.87. The molecule has 0 saturated carbocycles. The Morgan fingerprint density at radius 1 is 1.14 bits per heavy atom. The molecule has 0 aliphatic carbocycles. The van der Waals surface area contributed by atoms with Crippen LogP contribution in [-0.4, -0.2) is 23.6 Å². The zero-order chi connectivity index (χ0) is 15.1. The minimum Gasteiger partial charge on any atom is -0.377 e. The molecule has 0 aliphatic rings. The third kappa shape index (κ3) is 2.34. The summed E-state index contributed by atoms with van der Waals surface area (Å²) in [5.74, 6) is -0.274. The average molecular weight is 301 g/mol. The lowest BCUT2D eigenvalue weighted by Crippen LogP contribution is -2.11. The number of nitrogens with zero attached hydrogens (tertiary/aromatic N) is 2. The van der Waals surface area contributed by atoms with Gasteiger partial charge in [0.05, 0.1) is 16.7 Å². The van der Waals surface area contributed by atoms with Crippen LogP contribution in [0.2, 0.25) is 0 Å². The van der Waals surface area contributed by atoms with Gasteiger partial charge >= 0.3 is 0 Å². The van der Waals surface area contributed by atoms with Crippen LogP contribution >= 0.6 is 12.2 Å². The van der Waals surface area contributed by atoms with Crippen LogP contribution < -0.4 is 4.90 Å². The lowest BCUT2D eigenvalue weighted by atomic mass is 10.1. The summed E-state index contributed by atoms with van der Waals surface area (Å²) in [7, 11) is 4.02. The monoisotopic (exact) mass is 301 g/mol. The van der Waals surface area contributed by atoms with Crippen molar-refractivity contribution in [2.24, 2.45) is 0 Å². The van der Waals surface area contributed by atoms with E-state index in [1.54, 1.807) is 6.07 Å². The molecule has 0 atom stereocenters. The number of nitrogens with one attached hydrogen (secondary N) is 1. The van der Waals surface area contributed by atoms with Crippen LogP contribution in [0.3, 0.4) is 0 Å². The number of fused-ring (bicyclic) bond motifs is 1. The van der Waals surface area contributed by atoms with Gasteiger partial charge in [-0.25, -0.2) is 4.39 Å². The Morgan fingerprint density at radius 2 is 1.90 bits per heavy atom. The summed E-state index contributed by atoms with van der Waals surface area (Å²) in [4.78, 5) is 5.12. The molecule has 21 heavy (non-hydrogen) atoms. The van der Waals surface area contributed by atoms with E-state index in [1.165, 1.54) is 17.7 Å². The minimum atomic E-state index is -0.274. The average Bonchev–Trinajstić information content (AvgIpc) is 2.74. The highest BCUT2D eigenvalue weighted by atomic mass is 32.1. The first-order chi connectivity index (χ1) is 9.97. The lowest BCUT2D eigenvalue weighted by Gasteiger charge is -2.17. The SMILES string of the molecule is Cc1ccc(-n2c(=S)[nH]c3cc(F)ccc32)cc1N(C)C. The van der Waals surface area contributed by atoms with Crippen molar-refractivity contribution >= 4 is 28.9 Å². The van der Waals surface area contributed by atoms with E-state index in [-0.39, 0.29) is 5.82 Å². The van der Waals surface area contributed by atoms with Gasteiger partial charge in [-0.3, -0.25) is 4.57 Å². The normalized spacial score (nSPS) is 11.0. The number of H-pyrrole nitrogens is 1. The smallest absolute Gasteiger partial charge is 0.182 e. The summed E-state index contributed by atoms with van der Waals surface area (Å²) in [5, 5.41) is 0. The second kappa shape index (κ2) is 5.00. The first-order valence-electron chi connectivity index (χ1n) is 6.66. The number of aromatic amines is 1. The molecule has 0 amide bonds. The first-order valence-corrected chi connectivity index (χ1v) is 7.07. The van der Waals surface area contributed by atoms with Crippen molar-refractivity contribution in [3.63, 3.8) is 0 Å². The lowest BCUT2D eigenvalue weighted by molar-refractivity contribution is 0.629. The fraction of sp³-hybridized carbons (Fsp3) is 0.188. The van der Waals surface area contributed by atoms with Gasteiger partial charge in [-0.05, 0) is 55.0 Å². The van der Waals surface area contributed by atoms with Gasteiger partial charge in [0, 0.05) is 19.8 Å². The molecule has 0 spiro atoms. The number of halogens is 1. The highest BCUT2D eigenvalue weighted by Crippen LogP contribution is 2.25. The van der Waals surface area contributed by atoms with E-state index in [2.05, 4.69) is 28.9 Å². The van der Waals surface area contributed by atoms with Crippen molar-refractivity contribution in [2.45, 2.75) is 6.92 Å². The van der Waals surface area contributed by atoms with Crippen molar-refractivity contribution < 1.29 is 4.39 Å². The van der Waals surface area contributed by atoms with E-state index in [1.807, 2.05) is 24.7 Å². The van der Waals surface area contributed by atoms with E-state index in [4.69, 9.17) is 12.2 Å². The maximum absolute atomic E-state index is 13.3. The van der Waals surface area contributed by atoms with Crippen molar-refractivity contribution in [1.29, 1.82) is 0 Å². The molecule has 3 aromatic rings. The van der Waals surface area contributed by atoms with Crippen molar-refractivity contribution in [3.8, 4) is 5.69 Å². The Hall–Kier alpha value is -2.14. The fourth-order valence-electron chi connectivity index (χ4n) is 2.56. The number of aryl methyl sites for hydroxylation is 1. The zero-order valence-corrected chi connectivity index (χ0v) is 13.0. The second-order valence-electron chi connectivity index (χ2n) is 5.29. The standard InChI is InChI=1S/C16H16FN3S/c1-10-4-6-12(9-15(10)19(2)3)20-14-7-5-11(17)8-13(14)18-16(20)21/h4-9H,1-3H3,(H,18,21). The number of benzene rings is 2. The molecule has 3 nitrogen and oxygen atoms in total. The molecule has 108 valence electrons. The summed E-state index contributed by atoms with van der Waals surface area (Å²) in [5.41, 5.74) is 4.86. The van der Waals surface area contributed by atoms with Crippen molar-refractivity contribution in [1.82, 2.24) is 9.55 Å². The Bertz CT molecular complexity index is 877. The largest absolute Gasteiger partial charge is 0.377 e. The van der Waals surface area contributed by atoms with Gasteiger partial charge in [-0.15, -0.1) is 0 Å². The third-order valence-corrected chi connectivity index (χ3v) is 3.86. The summed E-state index contributed by atoms with van der Waals surface area (Å²) >= 11 is 5.39. The van der Waals surface area contributed by atoms with Crippen LogP contribution in [0.5, 0.6) is 0 Å². The zero-order valence-electron chi connectivity index (χ0n) is 12.1. The van der Waals surface area contributed by atoms with Crippen molar-refractivity contribution in [2.75, 3.05) is 19.0 Å². The molecule has 0 fully saturated rings. The molecule has 5 heteroatoms. The molecular weight excluding hydrogens is 285 g/mol. The molecule has 2 aromatic carbocycles. The first kappa shape index (κ1) is 13.8. The van der Waals surface area contributed by atoms with E-state index in [0.29, 0.717) is 10.3 Å². The molecule has 1 aromatic heterocycles. The molecule has 0 radical (unpaired) electrons. The van der Waals surface area contributed by atoms with E-state index >= 15 is 0 Å². The van der Waals surface area contributed by atoms with Crippen LogP contribution in [0, 0.1) is 17.5 Å². The molecule has 1 N–H and O–H groups in total. The topological polar surface area (TPSA) is 24.0 Å².